The van der Waals surface area contributed by atoms with Crippen molar-refractivity contribution in [3.63, 3.8) is 0 Å². The van der Waals surface area contributed by atoms with Gasteiger partial charge < -0.3 is 14.4 Å². The molecule has 2 unspecified atom stereocenters. The van der Waals surface area contributed by atoms with Gasteiger partial charge in [-0.05, 0) is 38.1 Å². The number of nitrogens with zero attached hydrogens (tertiary/aromatic N) is 1. The molecule has 0 aliphatic carbocycles. The Bertz CT molecular complexity index is 466. The first-order valence-electron chi connectivity index (χ1n) is 6.75. The van der Waals surface area contributed by atoms with Gasteiger partial charge >= 0.3 is 5.97 Å². The summed E-state index contributed by atoms with van der Waals surface area (Å²) >= 11 is 0. The van der Waals surface area contributed by atoms with Crippen LogP contribution in [0.2, 0.25) is 0 Å². The summed E-state index contributed by atoms with van der Waals surface area (Å²) in [5, 5.41) is 0. The molecule has 1 saturated heterocycles. The van der Waals surface area contributed by atoms with Crippen molar-refractivity contribution < 1.29 is 18.7 Å². The Kier molecular flexibility index (Phi) is 4.95. The number of hydrogen-bond donors (Lipinski definition) is 0. The van der Waals surface area contributed by atoms with Crippen LogP contribution in [-0.4, -0.2) is 44.7 Å². The van der Waals surface area contributed by atoms with E-state index in [-0.39, 0.29) is 30.2 Å². The van der Waals surface area contributed by atoms with Gasteiger partial charge in [-0.1, -0.05) is 12.1 Å². The molecule has 1 fully saturated rings. The molecular weight excluding hydrogens is 261 g/mol. The van der Waals surface area contributed by atoms with E-state index in [1.165, 1.54) is 13.2 Å². The summed E-state index contributed by atoms with van der Waals surface area (Å²) in [6, 6.07) is 6.21. The minimum atomic E-state index is -0.417. The van der Waals surface area contributed by atoms with E-state index in [9.17, 15) is 9.18 Å². The van der Waals surface area contributed by atoms with Crippen LogP contribution in [0.4, 0.5) is 4.39 Å². The van der Waals surface area contributed by atoms with Crippen molar-refractivity contribution in [2.45, 2.75) is 6.42 Å². The highest BCUT2D eigenvalue weighted by Gasteiger charge is 2.34. The number of halogens is 1. The third kappa shape index (κ3) is 3.48. The zero-order valence-electron chi connectivity index (χ0n) is 11.8. The monoisotopic (exact) mass is 281 g/mol. The highest BCUT2D eigenvalue weighted by Crippen LogP contribution is 2.26. The standard InChI is InChI=1S/C15H20FNO3/c1-17-8-7-11(9-17)12(15(18)19-2)10-20-14-6-4-3-5-13(14)16/h3-6,11-12H,7-10H2,1-2H3. The first-order valence-corrected chi connectivity index (χ1v) is 6.75. The molecule has 20 heavy (non-hydrogen) atoms. The predicted octanol–water partition coefficient (Wildman–Crippen LogP) is 1.95. The third-order valence-corrected chi connectivity index (χ3v) is 3.76. The maximum Gasteiger partial charge on any atom is 0.312 e. The van der Waals surface area contributed by atoms with Crippen LogP contribution < -0.4 is 4.74 Å². The topological polar surface area (TPSA) is 38.8 Å². The molecule has 0 N–H and O–H groups in total. The summed E-state index contributed by atoms with van der Waals surface area (Å²) in [4.78, 5) is 14.1. The molecular formula is C15H20FNO3. The summed E-state index contributed by atoms with van der Waals surface area (Å²) in [6.07, 6.45) is 0.927. The van der Waals surface area contributed by atoms with E-state index in [1.54, 1.807) is 18.2 Å². The maximum atomic E-state index is 13.5. The van der Waals surface area contributed by atoms with Crippen LogP contribution in [0.1, 0.15) is 6.42 Å². The molecule has 110 valence electrons. The van der Waals surface area contributed by atoms with Gasteiger partial charge in [-0.2, -0.15) is 0 Å². The van der Waals surface area contributed by atoms with Crippen molar-refractivity contribution in [1.29, 1.82) is 0 Å². The molecule has 0 amide bonds. The normalized spacial score (nSPS) is 20.6. The Labute approximate surface area is 118 Å². The molecule has 1 aliphatic heterocycles. The van der Waals surface area contributed by atoms with Gasteiger partial charge in [0.2, 0.25) is 0 Å². The molecule has 0 radical (unpaired) electrons. The summed E-state index contributed by atoms with van der Waals surface area (Å²) in [6.45, 7) is 1.93. The Morgan fingerprint density at radius 3 is 2.85 bits per heavy atom. The van der Waals surface area contributed by atoms with E-state index in [2.05, 4.69) is 4.90 Å². The van der Waals surface area contributed by atoms with Gasteiger partial charge in [-0.3, -0.25) is 4.79 Å². The van der Waals surface area contributed by atoms with Gasteiger partial charge in [-0.25, -0.2) is 4.39 Å². The molecule has 0 bridgehead atoms. The van der Waals surface area contributed by atoms with Crippen molar-refractivity contribution in [3.05, 3.63) is 30.1 Å². The van der Waals surface area contributed by atoms with Gasteiger partial charge in [0.1, 0.15) is 6.61 Å². The van der Waals surface area contributed by atoms with Crippen molar-refractivity contribution >= 4 is 5.97 Å². The molecule has 1 aromatic carbocycles. The second-order valence-corrected chi connectivity index (χ2v) is 5.18. The molecule has 1 heterocycles. The van der Waals surface area contributed by atoms with E-state index in [1.807, 2.05) is 7.05 Å². The van der Waals surface area contributed by atoms with E-state index in [0.717, 1.165) is 19.5 Å². The fourth-order valence-electron chi connectivity index (χ4n) is 2.59. The van der Waals surface area contributed by atoms with Crippen LogP contribution in [0.5, 0.6) is 5.75 Å². The Morgan fingerprint density at radius 2 is 2.25 bits per heavy atom. The van der Waals surface area contributed by atoms with Crippen LogP contribution in [0.15, 0.2) is 24.3 Å². The lowest BCUT2D eigenvalue weighted by Crippen LogP contribution is -2.32. The molecule has 1 aliphatic rings. The number of hydrogen-bond acceptors (Lipinski definition) is 4. The number of para-hydroxylation sites is 1. The molecule has 0 aromatic heterocycles. The minimum absolute atomic E-state index is 0.145. The summed E-state index contributed by atoms with van der Waals surface area (Å²) in [7, 11) is 3.39. The summed E-state index contributed by atoms with van der Waals surface area (Å²) < 4.78 is 23.8. The van der Waals surface area contributed by atoms with Crippen LogP contribution in [0.3, 0.4) is 0 Å². The number of carbonyl (C=O) groups excluding carboxylic acids is 1. The van der Waals surface area contributed by atoms with Gasteiger partial charge in [-0.15, -0.1) is 0 Å². The quantitative estimate of drug-likeness (QED) is 0.773. The molecule has 0 saturated carbocycles. The number of carbonyl (C=O) groups is 1. The smallest absolute Gasteiger partial charge is 0.312 e. The summed E-state index contributed by atoms with van der Waals surface area (Å²) in [5.74, 6) is -0.696. The van der Waals surface area contributed by atoms with Crippen LogP contribution in [0.25, 0.3) is 0 Å². The van der Waals surface area contributed by atoms with E-state index in [4.69, 9.17) is 9.47 Å². The molecule has 5 heteroatoms. The predicted molar refractivity (Wildman–Crippen MR) is 73.0 cm³/mol. The second-order valence-electron chi connectivity index (χ2n) is 5.18. The molecule has 4 nitrogen and oxygen atoms in total. The number of methoxy groups -OCH3 is 1. The fourth-order valence-corrected chi connectivity index (χ4v) is 2.59. The highest BCUT2D eigenvalue weighted by atomic mass is 19.1. The molecule has 1 aromatic rings. The highest BCUT2D eigenvalue weighted by molar-refractivity contribution is 5.73. The first kappa shape index (κ1) is 14.8. The lowest BCUT2D eigenvalue weighted by Gasteiger charge is -2.21. The van der Waals surface area contributed by atoms with Crippen LogP contribution in [-0.2, 0) is 9.53 Å². The number of likely N-dealkylation sites (tertiary alicyclic amines) is 1. The van der Waals surface area contributed by atoms with Gasteiger partial charge in [0.25, 0.3) is 0 Å². The average molecular weight is 281 g/mol. The maximum absolute atomic E-state index is 13.5. The molecule has 2 rings (SSSR count). The van der Waals surface area contributed by atoms with Crippen molar-refractivity contribution in [1.82, 2.24) is 4.90 Å². The second kappa shape index (κ2) is 6.70. The Morgan fingerprint density at radius 1 is 1.50 bits per heavy atom. The van der Waals surface area contributed by atoms with Crippen molar-refractivity contribution in [2.24, 2.45) is 11.8 Å². The molecule has 0 spiro atoms. The summed E-state index contributed by atoms with van der Waals surface area (Å²) in [5.41, 5.74) is 0. The Balaban J connectivity index is 2.01. The van der Waals surface area contributed by atoms with E-state index in [0.29, 0.717) is 0 Å². The molecule has 2 atom stereocenters. The number of esters is 1. The number of ether oxygens (including phenoxy) is 2. The Hall–Kier alpha value is -1.62. The van der Waals surface area contributed by atoms with Crippen molar-refractivity contribution in [3.8, 4) is 5.75 Å². The third-order valence-electron chi connectivity index (χ3n) is 3.76. The number of benzene rings is 1. The number of rotatable bonds is 5. The van der Waals surface area contributed by atoms with Gasteiger partial charge in [0, 0.05) is 6.54 Å². The first-order chi connectivity index (χ1) is 9.61. The lowest BCUT2D eigenvalue weighted by atomic mass is 9.92. The van der Waals surface area contributed by atoms with Crippen LogP contribution >= 0.6 is 0 Å². The lowest BCUT2D eigenvalue weighted by molar-refractivity contribution is -0.148. The van der Waals surface area contributed by atoms with Gasteiger partial charge in [0.05, 0.1) is 13.0 Å². The zero-order chi connectivity index (χ0) is 14.5. The largest absolute Gasteiger partial charge is 0.490 e. The SMILES string of the molecule is COC(=O)C(COc1ccccc1F)C1CCN(C)C1. The zero-order valence-corrected chi connectivity index (χ0v) is 11.8. The minimum Gasteiger partial charge on any atom is -0.490 e. The fraction of sp³-hybridized carbons (Fsp3) is 0.533. The van der Waals surface area contributed by atoms with E-state index >= 15 is 0 Å². The average Bonchev–Trinajstić information content (AvgIpc) is 2.87. The van der Waals surface area contributed by atoms with Crippen molar-refractivity contribution in [2.75, 3.05) is 33.9 Å². The van der Waals surface area contributed by atoms with Gasteiger partial charge in [0.15, 0.2) is 11.6 Å². The van der Waals surface area contributed by atoms with Crippen LogP contribution in [0, 0.1) is 17.7 Å². The van der Waals surface area contributed by atoms with E-state index < -0.39 is 5.82 Å².